The molecule has 1 saturated carbocycles. The quantitative estimate of drug-likeness (QED) is 0.617. The number of hydrogen-bond donors (Lipinski definition) is 3. The number of imidazole rings is 1. The second-order valence-electron chi connectivity index (χ2n) is 8.01. The van der Waals surface area contributed by atoms with Crippen LogP contribution in [0.4, 0.5) is 17.5 Å². The van der Waals surface area contributed by atoms with Crippen LogP contribution in [0.5, 0.6) is 0 Å². The van der Waals surface area contributed by atoms with Crippen LogP contribution in [0.3, 0.4) is 0 Å². The first-order chi connectivity index (χ1) is 13.5. The van der Waals surface area contributed by atoms with Gasteiger partial charge in [-0.15, -0.1) is 0 Å². The topological polar surface area (TPSA) is 93.7 Å². The Balaban J connectivity index is 1.74. The zero-order chi connectivity index (χ0) is 19.7. The van der Waals surface area contributed by atoms with Gasteiger partial charge in [-0.05, 0) is 51.3 Å². The summed E-state index contributed by atoms with van der Waals surface area (Å²) < 4.78 is 2.07. The van der Waals surface area contributed by atoms with Gasteiger partial charge in [-0.2, -0.15) is 9.97 Å². The molecule has 7 heteroatoms. The van der Waals surface area contributed by atoms with Crippen LogP contribution < -0.4 is 16.4 Å². The maximum atomic E-state index is 6.32. The van der Waals surface area contributed by atoms with E-state index in [4.69, 9.17) is 15.7 Å². The molecule has 1 aliphatic rings. The van der Waals surface area contributed by atoms with Crippen LogP contribution in [0.1, 0.15) is 51.1 Å². The average Bonchev–Trinajstić information content (AvgIpc) is 3.08. The lowest BCUT2D eigenvalue weighted by atomic mass is 9.91. The van der Waals surface area contributed by atoms with E-state index in [-0.39, 0.29) is 18.1 Å². The predicted molar refractivity (Wildman–Crippen MR) is 114 cm³/mol. The lowest BCUT2D eigenvalue weighted by molar-refractivity contribution is 0.402. The summed E-state index contributed by atoms with van der Waals surface area (Å²) in [5.41, 5.74) is 10.1. The lowest BCUT2D eigenvalue weighted by Crippen LogP contribution is -2.43. The minimum atomic E-state index is 0.135. The summed E-state index contributed by atoms with van der Waals surface area (Å²) in [7, 11) is 0. The zero-order valence-electron chi connectivity index (χ0n) is 16.8. The van der Waals surface area contributed by atoms with Gasteiger partial charge >= 0.3 is 0 Å². The molecule has 3 aromatic rings. The fraction of sp³-hybridized carbons (Fsp3) is 0.476. The van der Waals surface area contributed by atoms with Crippen LogP contribution in [-0.4, -0.2) is 31.6 Å². The molecule has 148 valence electrons. The number of nitrogens with one attached hydrogen (secondary N) is 2. The molecule has 0 unspecified atom stereocenters. The first kappa shape index (κ1) is 18.7. The molecular formula is C21H29N7. The Hall–Kier alpha value is -2.67. The fourth-order valence-electron chi connectivity index (χ4n) is 3.81. The van der Waals surface area contributed by atoms with Gasteiger partial charge in [0.25, 0.3) is 0 Å². The normalized spacial score (nSPS) is 19.9. The molecule has 4 rings (SSSR count). The van der Waals surface area contributed by atoms with E-state index < -0.39 is 0 Å². The molecule has 1 aliphatic carbocycles. The lowest BCUT2D eigenvalue weighted by Gasteiger charge is -2.29. The van der Waals surface area contributed by atoms with E-state index in [0.29, 0.717) is 11.8 Å². The zero-order valence-corrected chi connectivity index (χ0v) is 16.8. The maximum Gasteiger partial charge on any atom is 0.227 e. The first-order valence-electron chi connectivity index (χ1n) is 10.1. The van der Waals surface area contributed by atoms with Crippen molar-refractivity contribution in [1.82, 2.24) is 19.5 Å². The van der Waals surface area contributed by atoms with Gasteiger partial charge in [0.2, 0.25) is 5.95 Å². The Morgan fingerprint density at radius 1 is 1.18 bits per heavy atom. The molecule has 2 heterocycles. The Morgan fingerprint density at radius 2 is 2.00 bits per heavy atom. The second kappa shape index (κ2) is 7.75. The predicted octanol–water partition coefficient (Wildman–Crippen LogP) is 4.14. The standard InChI is InChI=1S/C21H29N7/c1-13(2)28-12-23-18-19(24-15-8-6-7-14(3)11-15)26-21(27-20(18)28)25-17-10-5-4-9-16(17)22/h6-8,11-13,16-17H,4-5,9-10,22H2,1-3H3,(H2,24,25,26,27)/t16-,17+/m1/s1. The molecule has 2 aromatic heterocycles. The molecule has 28 heavy (non-hydrogen) atoms. The van der Waals surface area contributed by atoms with E-state index in [1.807, 2.05) is 18.5 Å². The number of fused-ring (bicyclic) bond motifs is 1. The van der Waals surface area contributed by atoms with Gasteiger partial charge in [-0.1, -0.05) is 25.0 Å². The number of hydrogen-bond acceptors (Lipinski definition) is 6. The molecule has 0 saturated heterocycles. The van der Waals surface area contributed by atoms with E-state index in [2.05, 4.69) is 53.1 Å². The third-order valence-electron chi connectivity index (χ3n) is 5.39. The highest BCUT2D eigenvalue weighted by molar-refractivity contribution is 5.86. The molecule has 2 atom stereocenters. The number of nitrogens with two attached hydrogens (primary N) is 1. The molecular weight excluding hydrogens is 350 g/mol. The molecule has 0 bridgehead atoms. The monoisotopic (exact) mass is 379 g/mol. The van der Waals surface area contributed by atoms with Gasteiger partial charge in [0.1, 0.15) is 0 Å². The van der Waals surface area contributed by atoms with E-state index in [1.54, 1.807) is 0 Å². The molecule has 0 aliphatic heterocycles. The summed E-state index contributed by atoms with van der Waals surface area (Å²) >= 11 is 0. The van der Waals surface area contributed by atoms with Gasteiger partial charge in [0.15, 0.2) is 17.0 Å². The Labute approximate surface area is 165 Å². The third-order valence-corrected chi connectivity index (χ3v) is 5.39. The molecule has 0 amide bonds. The van der Waals surface area contributed by atoms with Crippen molar-refractivity contribution in [3.63, 3.8) is 0 Å². The van der Waals surface area contributed by atoms with Gasteiger partial charge in [-0.25, -0.2) is 4.98 Å². The summed E-state index contributed by atoms with van der Waals surface area (Å²) in [6, 6.07) is 8.83. The van der Waals surface area contributed by atoms with Crippen molar-refractivity contribution in [1.29, 1.82) is 0 Å². The number of aromatic nitrogens is 4. The summed E-state index contributed by atoms with van der Waals surface area (Å²) in [5, 5.41) is 6.92. The maximum absolute atomic E-state index is 6.32. The Bertz CT molecular complexity index is 963. The van der Waals surface area contributed by atoms with Crippen LogP contribution >= 0.6 is 0 Å². The first-order valence-corrected chi connectivity index (χ1v) is 10.1. The second-order valence-corrected chi connectivity index (χ2v) is 8.01. The summed E-state index contributed by atoms with van der Waals surface area (Å²) in [4.78, 5) is 14.1. The summed E-state index contributed by atoms with van der Waals surface area (Å²) in [5.74, 6) is 1.31. The molecule has 7 nitrogen and oxygen atoms in total. The van der Waals surface area contributed by atoms with E-state index in [9.17, 15) is 0 Å². The van der Waals surface area contributed by atoms with Crippen LogP contribution in [0.25, 0.3) is 11.2 Å². The summed E-state index contributed by atoms with van der Waals surface area (Å²) in [6.07, 6.45) is 6.30. The van der Waals surface area contributed by atoms with Gasteiger partial charge in [-0.3, -0.25) is 0 Å². The van der Waals surface area contributed by atoms with E-state index in [0.717, 1.165) is 29.7 Å². The SMILES string of the molecule is Cc1cccc(Nc2nc(N[C@H]3CCCC[C@H]3N)nc3c2ncn3C(C)C)c1. The highest BCUT2D eigenvalue weighted by atomic mass is 15.2. The number of rotatable bonds is 5. The van der Waals surface area contributed by atoms with Crippen molar-refractivity contribution in [2.24, 2.45) is 5.73 Å². The molecule has 4 N–H and O–H groups in total. The average molecular weight is 380 g/mol. The smallest absolute Gasteiger partial charge is 0.227 e. The molecule has 0 radical (unpaired) electrons. The van der Waals surface area contributed by atoms with Crippen LogP contribution in [0.15, 0.2) is 30.6 Å². The van der Waals surface area contributed by atoms with Crippen molar-refractivity contribution in [2.75, 3.05) is 10.6 Å². The minimum Gasteiger partial charge on any atom is -0.350 e. The van der Waals surface area contributed by atoms with Crippen molar-refractivity contribution in [3.05, 3.63) is 36.2 Å². The Kier molecular flexibility index (Phi) is 5.17. The third kappa shape index (κ3) is 3.80. The van der Waals surface area contributed by atoms with E-state index >= 15 is 0 Å². The van der Waals surface area contributed by atoms with Crippen molar-refractivity contribution in [3.8, 4) is 0 Å². The van der Waals surface area contributed by atoms with Crippen molar-refractivity contribution < 1.29 is 0 Å². The number of anilines is 3. The van der Waals surface area contributed by atoms with Crippen molar-refractivity contribution >= 4 is 28.6 Å². The van der Waals surface area contributed by atoms with Crippen LogP contribution in [0.2, 0.25) is 0 Å². The van der Waals surface area contributed by atoms with Crippen molar-refractivity contribution in [2.45, 2.75) is 64.6 Å². The minimum absolute atomic E-state index is 0.135. The summed E-state index contributed by atoms with van der Waals surface area (Å²) in [6.45, 7) is 6.33. The fourth-order valence-corrected chi connectivity index (χ4v) is 3.81. The number of benzene rings is 1. The van der Waals surface area contributed by atoms with Crippen LogP contribution in [0, 0.1) is 6.92 Å². The Morgan fingerprint density at radius 3 is 2.75 bits per heavy atom. The van der Waals surface area contributed by atoms with E-state index in [1.165, 1.54) is 18.4 Å². The highest BCUT2D eigenvalue weighted by Gasteiger charge is 2.23. The molecule has 0 spiro atoms. The van der Waals surface area contributed by atoms with Gasteiger partial charge in [0.05, 0.1) is 6.33 Å². The van der Waals surface area contributed by atoms with Gasteiger partial charge in [0, 0.05) is 23.8 Å². The highest BCUT2D eigenvalue weighted by Crippen LogP contribution is 2.27. The largest absolute Gasteiger partial charge is 0.350 e. The number of nitrogens with zero attached hydrogens (tertiary/aromatic N) is 4. The van der Waals surface area contributed by atoms with Gasteiger partial charge < -0.3 is 20.9 Å². The molecule has 1 aromatic carbocycles. The molecule has 1 fully saturated rings. The van der Waals surface area contributed by atoms with Crippen LogP contribution in [-0.2, 0) is 0 Å². The number of aryl methyl sites for hydroxylation is 1.